The van der Waals surface area contributed by atoms with Gasteiger partial charge in [0.15, 0.2) is 0 Å². The topological polar surface area (TPSA) is 262 Å². The molecular formula is C8H19N5O9P2S. The molecular weight excluding hydrogens is 404 g/mol. The molecule has 0 aromatic carbocycles. The van der Waals surface area contributed by atoms with Gasteiger partial charge in [0.2, 0.25) is 0 Å². The van der Waals surface area contributed by atoms with Crippen molar-refractivity contribution in [3.05, 3.63) is 22.7 Å². The van der Waals surface area contributed by atoms with Gasteiger partial charge in [0.05, 0.1) is 6.61 Å². The second-order valence-corrected chi connectivity index (χ2v) is 8.12. The Hall–Kier alpha value is -0.830. The summed E-state index contributed by atoms with van der Waals surface area (Å²) in [6.07, 6.45) is 0.657. The normalized spacial score (nSPS) is 24.4. The first-order valence-corrected chi connectivity index (χ1v) is 9.89. The summed E-state index contributed by atoms with van der Waals surface area (Å²) in [6.45, 7) is -0.570. The molecule has 1 aliphatic heterocycles. The van der Waals surface area contributed by atoms with Crippen molar-refractivity contribution in [2.45, 2.75) is 11.7 Å². The van der Waals surface area contributed by atoms with Crippen molar-refractivity contribution in [2.75, 3.05) is 18.1 Å². The van der Waals surface area contributed by atoms with Crippen LogP contribution in [0, 0.1) is 0 Å². The van der Waals surface area contributed by atoms with Gasteiger partial charge in [-0.05, 0) is 6.07 Å². The highest BCUT2D eigenvalue weighted by Crippen LogP contribution is 2.52. The summed E-state index contributed by atoms with van der Waals surface area (Å²) in [5.74, 6) is 0.344. The predicted octanol–water partition coefficient (Wildman–Crippen LogP) is -0.872. The van der Waals surface area contributed by atoms with E-state index in [4.69, 9.17) is 15.4 Å². The minimum atomic E-state index is -5.48. The Morgan fingerprint density at radius 2 is 2.12 bits per heavy atom. The summed E-state index contributed by atoms with van der Waals surface area (Å²) in [5.41, 5.74) is 3.92. The molecule has 1 saturated heterocycles. The van der Waals surface area contributed by atoms with Crippen molar-refractivity contribution in [3.8, 4) is 0 Å². The van der Waals surface area contributed by atoms with E-state index in [9.17, 15) is 23.7 Å². The van der Waals surface area contributed by atoms with Crippen LogP contribution >= 0.6 is 27.4 Å². The number of hydrogen-bond acceptors (Lipinski definition) is 11. The monoisotopic (exact) mass is 423 g/mol. The fraction of sp³-hybridized carbons (Fsp3) is 0.500. The first-order valence-electron chi connectivity index (χ1n) is 5.88. The Kier molecular flexibility index (Phi) is 8.90. The maximum absolute atomic E-state index is 11.7. The zero-order valence-electron chi connectivity index (χ0n) is 13.2. The van der Waals surface area contributed by atoms with Gasteiger partial charge in [-0.3, -0.25) is 13.7 Å². The lowest BCUT2D eigenvalue weighted by Crippen LogP contribution is -2.28. The summed E-state index contributed by atoms with van der Waals surface area (Å²) in [7, 11) is -10.7. The number of nitrogen functional groups attached to an aromatic ring is 1. The van der Waals surface area contributed by atoms with Gasteiger partial charge in [0.1, 0.15) is 17.5 Å². The molecule has 1 aromatic rings. The minimum absolute atomic E-state index is 0. The Morgan fingerprint density at radius 1 is 1.48 bits per heavy atom. The van der Waals surface area contributed by atoms with Crippen LogP contribution in [-0.4, -0.2) is 32.2 Å². The Labute approximate surface area is 145 Å². The average Bonchev–Trinajstić information content (AvgIpc) is 2.82. The zero-order valence-corrected chi connectivity index (χ0v) is 15.8. The van der Waals surface area contributed by atoms with Crippen molar-refractivity contribution >= 4 is 33.2 Å². The Morgan fingerprint density at radius 3 is 2.68 bits per heavy atom. The summed E-state index contributed by atoms with van der Waals surface area (Å²) in [6, 6.07) is 1.39. The fourth-order valence-corrected chi connectivity index (χ4v) is 4.23. The van der Waals surface area contributed by atoms with Crippen LogP contribution < -0.4 is 33.5 Å². The molecule has 0 saturated carbocycles. The molecule has 2 heterocycles. The number of nitrogens with zero attached hydrogens (tertiary/aromatic N) is 2. The van der Waals surface area contributed by atoms with E-state index in [0.717, 1.165) is 16.3 Å². The highest BCUT2D eigenvalue weighted by atomic mass is 32.2. The molecule has 0 spiro atoms. The average molecular weight is 423 g/mol. The fourth-order valence-electron chi connectivity index (χ4n) is 1.62. The van der Waals surface area contributed by atoms with Gasteiger partial charge in [0, 0.05) is 11.9 Å². The number of phosphoric acid groups is 2. The van der Waals surface area contributed by atoms with E-state index in [-0.39, 0.29) is 18.1 Å². The van der Waals surface area contributed by atoms with Gasteiger partial charge in [-0.1, -0.05) is 0 Å². The molecule has 14 nitrogen and oxygen atoms in total. The summed E-state index contributed by atoms with van der Waals surface area (Å²) < 4.78 is 35.8. The predicted molar refractivity (Wildman–Crippen MR) is 85.7 cm³/mol. The van der Waals surface area contributed by atoms with E-state index in [2.05, 4.69) is 13.8 Å². The number of anilines is 1. The van der Waals surface area contributed by atoms with E-state index >= 15 is 0 Å². The van der Waals surface area contributed by atoms with Crippen molar-refractivity contribution in [3.63, 3.8) is 0 Å². The van der Waals surface area contributed by atoms with E-state index < -0.39 is 39.6 Å². The number of nitrogens with two attached hydrogens (primary N) is 1. The van der Waals surface area contributed by atoms with Crippen molar-refractivity contribution in [1.82, 2.24) is 21.9 Å². The number of rotatable bonds is 6. The van der Waals surface area contributed by atoms with Crippen LogP contribution in [0.15, 0.2) is 17.1 Å². The molecule has 0 aliphatic carbocycles. The molecule has 4 atom stereocenters. The van der Waals surface area contributed by atoms with Crippen LogP contribution in [-0.2, 0) is 22.7 Å². The van der Waals surface area contributed by atoms with Crippen molar-refractivity contribution in [2.24, 2.45) is 0 Å². The van der Waals surface area contributed by atoms with Crippen LogP contribution in [0.5, 0.6) is 0 Å². The van der Waals surface area contributed by atoms with Crippen LogP contribution in [0.4, 0.5) is 5.82 Å². The van der Waals surface area contributed by atoms with Gasteiger partial charge in [0.25, 0.3) is 15.6 Å². The molecule has 17 heteroatoms. The molecule has 0 radical (unpaired) electrons. The maximum Gasteiger partial charge on any atom is 0.351 e. The molecule has 1 aliphatic rings. The summed E-state index contributed by atoms with van der Waals surface area (Å²) >= 11 is 1.13. The lowest BCUT2D eigenvalue weighted by atomic mass is 10.5. The number of aromatic nitrogens is 2. The second-order valence-electron chi connectivity index (χ2n) is 4.19. The summed E-state index contributed by atoms with van der Waals surface area (Å²) in [5, 5.41) is 0. The third-order valence-electron chi connectivity index (χ3n) is 2.47. The molecule has 1 aromatic heterocycles. The van der Waals surface area contributed by atoms with E-state index in [1.165, 1.54) is 12.3 Å². The number of ether oxygens (including phenoxy) is 1. The third kappa shape index (κ3) is 7.52. The highest BCUT2D eigenvalue weighted by Gasteiger charge is 2.30. The summed E-state index contributed by atoms with van der Waals surface area (Å²) in [4.78, 5) is 45.0. The molecule has 146 valence electrons. The molecule has 2 rings (SSSR count). The zero-order chi connectivity index (χ0) is 17.3. The van der Waals surface area contributed by atoms with E-state index in [1.807, 2.05) is 0 Å². The smallest absolute Gasteiger partial charge is 0.351 e. The number of quaternary nitrogens is 2. The number of hydrogen-bond donors (Lipinski definition) is 4. The van der Waals surface area contributed by atoms with E-state index in [1.54, 1.807) is 0 Å². The second kappa shape index (κ2) is 9.21. The largest absolute Gasteiger partial charge is 0.756 e. The third-order valence-corrected chi connectivity index (χ3v) is 5.65. The molecule has 11 N–H and O–H groups in total. The van der Waals surface area contributed by atoms with Gasteiger partial charge in [-0.15, -0.1) is 11.8 Å². The van der Waals surface area contributed by atoms with Crippen molar-refractivity contribution in [1.29, 1.82) is 0 Å². The van der Waals surface area contributed by atoms with Gasteiger partial charge in [-0.25, -0.2) is 9.11 Å². The van der Waals surface area contributed by atoms with Gasteiger partial charge in [-0.2, -0.15) is 4.98 Å². The van der Waals surface area contributed by atoms with Crippen LogP contribution in [0.1, 0.15) is 6.23 Å². The number of thioether (sulfide) groups is 1. The first kappa shape index (κ1) is 24.2. The highest BCUT2D eigenvalue weighted by molar-refractivity contribution is 8.00. The SMILES string of the molecule is Nc1ccn(C2CSC(COP(=O)([O-])OP(=O)([O-])O)O2)c(=O)n1.[NH4+].[NH4+]. The molecule has 0 bridgehead atoms. The lowest BCUT2D eigenvalue weighted by Gasteiger charge is -2.27. The van der Waals surface area contributed by atoms with Crippen molar-refractivity contribution < 1.29 is 37.4 Å². The molecule has 4 unspecified atom stereocenters. The lowest BCUT2D eigenvalue weighted by molar-refractivity contribution is -0.241. The van der Waals surface area contributed by atoms with E-state index in [0.29, 0.717) is 5.75 Å². The van der Waals surface area contributed by atoms with Gasteiger partial charge < -0.3 is 42.0 Å². The Bertz CT molecular complexity index is 726. The van der Waals surface area contributed by atoms with Crippen LogP contribution in [0.2, 0.25) is 0 Å². The van der Waals surface area contributed by atoms with Gasteiger partial charge >= 0.3 is 5.69 Å². The molecule has 25 heavy (non-hydrogen) atoms. The minimum Gasteiger partial charge on any atom is -0.756 e. The van der Waals surface area contributed by atoms with Crippen LogP contribution in [0.25, 0.3) is 0 Å². The Balaban J connectivity index is 0.00000288. The number of phosphoric ester groups is 1. The van der Waals surface area contributed by atoms with Crippen LogP contribution in [0.3, 0.4) is 0 Å². The first-order chi connectivity index (χ1) is 10.6. The quantitative estimate of drug-likeness (QED) is 0.407. The molecule has 1 fully saturated rings. The maximum atomic E-state index is 11.7. The standard InChI is InChI=1S/C8H13N3O9P2S.2H3N/c9-5-1-2-11(8(12)10-5)6-4-23-7(19-6)3-18-22(16,17)20-21(13,14)15;;/h1-2,6-7H,3-4H2,(H,16,17)(H2,9,10,12)(H2,13,14,15);2*1H3. The molecule has 0 amide bonds.